The van der Waals surface area contributed by atoms with Crippen LogP contribution < -0.4 is 0 Å². The minimum atomic E-state index is -0.612. The minimum Gasteiger partial charge on any atom is -0.393 e. The molecule has 0 amide bonds. The van der Waals surface area contributed by atoms with Crippen molar-refractivity contribution >= 4 is 5.78 Å². The topological polar surface area (TPSA) is 77.8 Å². The Balaban J connectivity index is 1.79. The number of Topliss-reactive ketones (excluding diaryl/α,β-unsaturated/α-hetero) is 1. The van der Waals surface area contributed by atoms with Gasteiger partial charge in [0, 0.05) is 11.8 Å². The van der Waals surface area contributed by atoms with Gasteiger partial charge in [-0.1, -0.05) is 25.5 Å². The second-order valence-corrected chi connectivity index (χ2v) is 8.86. The van der Waals surface area contributed by atoms with Crippen LogP contribution >= 0.6 is 0 Å². The van der Waals surface area contributed by atoms with Gasteiger partial charge in [-0.15, -0.1) is 0 Å². The molecule has 4 aliphatic carbocycles. The smallest absolute Gasteiger partial charge is 0.139 e. The number of hydrogen-bond acceptors (Lipinski definition) is 4. The molecule has 0 aromatic heterocycles. The Labute approximate surface area is 137 Å². The van der Waals surface area contributed by atoms with Gasteiger partial charge in [-0.2, -0.15) is 0 Å². The lowest BCUT2D eigenvalue weighted by Gasteiger charge is -2.59. The number of rotatable bonds is 0. The zero-order valence-electron chi connectivity index (χ0n) is 14.0. The molecule has 4 nitrogen and oxygen atoms in total. The van der Waals surface area contributed by atoms with Crippen LogP contribution in [0, 0.1) is 28.6 Å². The van der Waals surface area contributed by atoms with Crippen LogP contribution in [0.25, 0.3) is 0 Å². The quantitative estimate of drug-likeness (QED) is 0.595. The molecule has 0 spiro atoms. The van der Waals surface area contributed by atoms with Crippen LogP contribution in [0.5, 0.6) is 0 Å². The molecule has 0 aromatic rings. The molecule has 0 radical (unpaired) electrons. The van der Waals surface area contributed by atoms with Crippen LogP contribution in [0.4, 0.5) is 0 Å². The molecule has 3 unspecified atom stereocenters. The molecule has 0 aliphatic heterocycles. The third-order valence-electron chi connectivity index (χ3n) is 7.75. The first kappa shape index (κ1) is 15.8. The summed E-state index contributed by atoms with van der Waals surface area (Å²) in [4.78, 5) is 12.4. The predicted molar refractivity (Wildman–Crippen MR) is 85.5 cm³/mol. The molecule has 128 valence electrons. The molecular formula is C19H28O4. The monoisotopic (exact) mass is 320 g/mol. The molecule has 8 atom stereocenters. The maximum Gasteiger partial charge on any atom is 0.139 e. The maximum absolute atomic E-state index is 12.4. The molecule has 4 heteroatoms. The lowest BCUT2D eigenvalue weighted by atomic mass is 9.46. The van der Waals surface area contributed by atoms with E-state index in [1.165, 1.54) is 0 Å². The fourth-order valence-corrected chi connectivity index (χ4v) is 6.52. The second-order valence-electron chi connectivity index (χ2n) is 8.86. The fraction of sp³-hybridized carbons (Fsp3) is 0.842. The third kappa shape index (κ3) is 1.98. The van der Waals surface area contributed by atoms with E-state index in [0.29, 0.717) is 19.3 Å². The summed E-state index contributed by atoms with van der Waals surface area (Å²) < 4.78 is 0. The summed E-state index contributed by atoms with van der Waals surface area (Å²) in [6, 6.07) is 0. The van der Waals surface area contributed by atoms with Gasteiger partial charge < -0.3 is 15.3 Å². The fourth-order valence-electron chi connectivity index (χ4n) is 6.52. The first-order valence-electron chi connectivity index (χ1n) is 9.06. The van der Waals surface area contributed by atoms with Gasteiger partial charge in [-0.05, 0) is 55.3 Å². The van der Waals surface area contributed by atoms with Crippen LogP contribution in [0.2, 0.25) is 0 Å². The van der Waals surface area contributed by atoms with Crippen LogP contribution in [0.15, 0.2) is 11.6 Å². The van der Waals surface area contributed by atoms with E-state index in [4.69, 9.17) is 0 Å². The molecule has 3 fully saturated rings. The molecule has 3 saturated carbocycles. The number of hydrogen-bond donors (Lipinski definition) is 3. The summed E-state index contributed by atoms with van der Waals surface area (Å²) in [6.45, 7) is 4.18. The maximum atomic E-state index is 12.4. The van der Waals surface area contributed by atoms with Crippen molar-refractivity contribution < 1.29 is 20.1 Å². The highest BCUT2D eigenvalue weighted by Gasteiger charge is 2.63. The number of carbonyl (C=O) groups is 1. The highest BCUT2D eigenvalue weighted by molar-refractivity contribution is 5.87. The van der Waals surface area contributed by atoms with Gasteiger partial charge in [-0.25, -0.2) is 0 Å². The van der Waals surface area contributed by atoms with Crippen molar-refractivity contribution in [2.75, 3.05) is 0 Å². The lowest BCUT2D eigenvalue weighted by molar-refractivity contribution is -0.157. The Morgan fingerprint density at radius 1 is 1.13 bits per heavy atom. The number of aliphatic hydroxyl groups excluding tert-OH is 3. The largest absolute Gasteiger partial charge is 0.393 e. The number of fused-ring (bicyclic) bond motifs is 5. The van der Waals surface area contributed by atoms with Gasteiger partial charge in [0.15, 0.2) is 0 Å². The van der Waals surface area contributed by atoms with Crippen molar-refractivity contribution in [3.05, 3.63) is 11.6 Å². The van der Waals surface area contributed by atoms with Gasteiger partial charge in [0.2, 0.25) is 0 Å². The average Bonchev–Trinajstić information content (AvgIpc) is 2.76. The number of aliphatic hydroxyl groups is 3. The van der Waals surface area contributed by atoms with Gasteiger partial charge in [0.1, 0.15) is 5.78 Å². The molecule has 0 bridgehead atoms. The number of ketones is 1. The first-order valence-corrected chi connectivity index (χ1v) is 9.06. The average molecular weight is 320 g/mol. The first-order chi connectivity index (χ1) is 10.8. The van der Waals surface area contributed by atoms with Crippen LogP contribution in [0.3, 0.4) is 0 Å². The molecule has 4 rings (SSSR count). The Bertz CT molecular complexity index is 570. The number of carbonyl (C=O) groups excluding carboxylic acids is 1. The van der Waals surface area contributed by atoms with E-state index in [0.717, 1.165) is 24.8 Å². The summed E-state index contributed by atoms with van der Waals surface area (Å²) in [5, 5.41) is 31.8. The van der Waals surface area contributed by atoms with E-state index in [-0.39, 0.29) is 35.1 Å². The standard InChI is InChI=1S/C19H28O4/c1-18-6-5-11(20)7-10(18)8-13(21)16-12-3-4-15(23)19(12,2)9-14(22)17(16)18/h8,11-14,16-17,20-22H,3-7,9H2,1-2H3/t11-,12?,13-,14+,16?,17?,18-,19-/m0/s1. The van der Waals surface area contributed by atoms with Crippen LogP contribution in [0.1, 0.15) is 52.4 Å². The van der Waals surface area contributed by atoms with Gasteiger partial charge in [0.25, 0.3) is 0 Å². The van der Waals surface area contributed by atoms with Crippen molar-refractivity contribution in [1.29, 1.82) is 0 Å². The van der Waals surface area contributed by atoms with Gasteiger partial charge in [-0.3, -0.25) is 4.79 Å². The van der Waals surface area contributed by atoms with E-state index in [1.807, 2.05) is 13.0 Å². The zero-order valence-corrected chi connectivity index (χ0v) is 14.0. The SMILES string of the molecule is C[C@]12CC[C@H](O)CC1=C[C@H](O)C1C2[C@H](O)C[C@]2(C)C(=O)CCC12. The van der Waals surface area contributed by atoms with E-state index in [1.54, 1.807) is 0 Å². The van der Waals surface area contributed by atoms with Crippen molar-refractivity contribution in [3.63, 3.8) is 0 Å². The molecule has 4 aliphatic rings. The summed E-state index contributed by atoms with van der Waals surface area (Å²) >= 11 is 0. The Kier molecular flexibility index (Phi) is 3.37. The predicted octanol–water partition coefficient (Wildman–Crippen LogP) is 1.82. The Morgan fingerprint density at radius 3 is 2.61 bits per heavy atom. The molecular weight excluding hydrogens is 292 g/mol. The van der Waals surface area contributed by atoms with Crippen molar-refractivity contribution in [2.24, 2.45) is 28.6 Å². The Morgan fingerprint density at radius 2 is 1.87 bits per heavy atom. The van der Waals surface area contributed by atoms with Crippen molar-refractivity contribution in [2.45, 2.75) is 70.7 Å². The van der Waals surface area contributed by atoms with Crippen molar-refractivity contribution in [1.82, 2.24) is 0 Å². The third-order valence-corrected chi connectivity index (χ3v) is 7.75. The molecule has 3 N–H and O–H groups in total. The molecule has 23 heavy (non-hydrogen) atoms. The van der Waals surface area contributed by atoms with Crippen LogP contribution in [-0.4, -0.2) is 39.4 Å². The van der Waals surface area contributed by atoms with Gasteiger partial charge in [0.05, 0.1) is 18.3 Å². The van der Waals surface area contributed by atoms with Gasteiger partial charge >= 0.3 is 0 Å². The summed E-state index contributed by atoms with van der Waals surface area (Å²) in [7, 11) is 0. The highest BCUT2D eigenvalue weighted by Crippen LogP contribution is 2.63. The lowest BCUT2D eigenvalue weighted by Crippen LogP contribution is -2.59. The highest BCUT2D eigenvalue weighted by atomic mass is 16.3. The van der Waals surface area contributed by atoms with Crippen LogP contribution in [-0.2, 0) is 4.79 Å². The van der Waals surface area contributed by atoms with E-state index in [2.05, 4.69) is 6.92 Å². The summed E-state index contributed by atoms with van der Waals surface area (Å²) in [5.74, 6) is 0.374. The molecule has 0 heterocycles. The van der Waals surface area contributed by atoms with E-state index < -0.39 is 17.6 Å². The molecule has 0 aromatic carbocycles. The van der Waals surface area contributed by atoms with Crippen molar-refractivity contribution in [3.8, 4) is 0 Å². The Hall–Kier alpha value is -0.710. The van der Waals surface area contributed by atoms with E-state index in [9.17, 15) is 20.1 Å². The zero-order chi connectivity index (χ0) is 16.6. The normalized spacial score (nSPS) is 55.7. The summed E-state index contributed by atoms with van der Waals surface area (Å²) in [5.41, 5.74) is 0.476. The molecule has 0 saturated heterocycles. The van der Waals surface area contributed by atoms with E-state index >= 15 is 0 Å². The minimum absolute atomic E-state index is 0.00558. The second kappa shape index (κ2) is 4.90. The summed E-state index contributed by atoms with van der Waals surface area (Å²) in [6.07, 6.45) is 4.57.